The summed E-state index contributed by atoms with van der Waals surface area (Å²) in [6, 6.07) is 14.3. The van der Waals surface area contributed by atoms with Crippen LogP contribution in [0.3, 0.4) is 0 Å². The number of aromatic carboxylic acids is 1. The first-order valence-electron chi connectivity index (χ1n) is 17.5. The van der Waals surface area contributed by atoms with Crippen molar-refractivity contribution >= 4 is 44.8 Å². The summed E-state index contributed by atoms with van der Waals surface area (Å²) in [7, 11) is 0. The average molecular weight is 658 g/mol. The number of aryl methyl sites for hydroxylation is 2. The number of hydrogen-bond donors (Lipinski definition) is 1. The van der Waals surface area contributed by atoms with Crippen LogP contribution in [0.2, 0.25) is 5.02 Å². The molecule has 0 radical (unpaired) electrons. The summed E-state index contributed by atoms with van der Waals surface area (Å²) >= 11 is 7.20. The van der Waals surface area contributed by atoms with Crippen LogP contribution in [-0.4, -0.2) is 22.2 Å². The zero-order valence-corrected chi connectivity index (χ0v) is 29.4. The Morgan fingerprint density at radius 2 is 1.85 bits per heavy atom. The van der Waals surface area contributed by atoms with E-state index in [9.17, 15) is 14.3 Å². The van der Waals surface area contributed by atoms with Gasteiger partial charge in [0.1, 0.15) is 17.3 Å². The molecule has 47 heavy (non-hydrogen) atoms. The Morgan fingerprint density at radius 1 is 1.06 bits per heavy atom. The Morgan fingerprint density at radius 3 is 2.57 bits per heavy atom. The Labute approximate surface area is 284 Å². The van der Waals surface area contributed by atoms with Crippen molar-refractivity contribution in [1.82, 2.24) is 4.57 Å². The van der Waals surface area contributed by atoms with Gasteiger partial charge in [-0.05, 0) is 109 Å². The van der Waals surface area contributed by atoms with Gasteiger partial charge in [0.25, 0.3) is 0 Å². The molecule has 0 bridgehead atoms. The molecular weight excluding hydrogens is 609 g/mol. The predicted molar refractivity (Wildman–Crippen MR) is 194 cm³/mol. The molecule has 0 saturated heterocycles. The van der Waals surface area contributed by atoms with Crippen LogP contribution >= 0.6 is 11.6 Å². The summed E-state index contributed by atoms with van der Waals surface area (Å²) in [6.45, 7) is 12.1. The third-order valence-electron chi connectivity index (χ3n) is 9.68. The third kappa shape index (κ3) is 7.46. The average Bonchev–Trinajstić information content (AvgIpc) is 3.36. The van der Waals surface area contributed by atoms with Crippen LogP contribution in [0, 0.1) is 17.7 Å². The van der Waals surface area contributed by atoms with E-state index in [1.54, 1.807) is 6.07 Å². The van der Waals surface area contributed by atoms with Crippen LogP contribution < -0.4 is 4.74 Å². The largest absolute Gasteiger partial charge is 0.493 e. The van der Waals surface area contributed by atoms with Gasteiger partial charge in [-0.1, -0.05) is 88.9 Å². The molecule has 0 amide bonds. The van der Waals surface area contributed by atoms with Crippen LogP contribution in [0.25, 0.3) is 27.2 Å². The summed E-state index contributed by atoms with van der Waals surface area (Å²) < 4.78 is 22.1. The van der Waals surface area contributed by atoms with Gasteiger partial charge in [-0.15, -0.1) is 0 Å². The summed E-state index contributed by atoms with van der Waals surface area (Å²) in [4.78, 5) is 13.1. The zero-order valence-electron chi connectivity index (χ0n) is 28.6. The molecule has 1 N–H and O–H groups in total. The molecule has 1 heterocycles. The maximum atomic E-state index is 13.8. The van der Waals surface area contributed by atoms with Crippen molar-refractivity contribution < 1.29 is 19.0 Å². The quantitative estimate of drug-likeness (QED) is 0.129. The van der Waals surface area contributed by atoms with E-state index in [0.717, 1.165) is 71.3 Å². The lowest BCUT2D eigenvalue weighted by Gasteiger charge is -2.29. The lowest BCUT2D eigenvalue weighted by Crippen LogP contribution is -2.14. The summed E-state index contributed by atoms with van der Waals surface area (Å²) in [6.07, 6.45) is 10.8. The highest BCUT2D eigenvalue weighted by molar-refractivity contribution is 6.34. The summed E-state index contributed by atoms with van der Waals surface area (Å²) in [5.41, 5.74) is 7.11. The smallest absolute Gasteiger partial charge is 0.352 e. The number of carbonyl (C=O) groups is 1. The number of aromatic nitrogens is 1. The number of carboxylic acid groups (broad SMARTS) is 1. The number of nitrogens with zero attached hydrogens (tertiary/aromatic N) is 1. The second-order valence-corrected chi connectivity index (χ2v) is 13.8. The van der Waals surface area contributed by atoms with Crippen LogP contribution in [0.1, 0.15) is 108 Å². The van der Waals surface area contributed by atoms with Crippen molar-refractivity contribution in [2.24, 2.45) is 11.8 Å². The number of benzene rings is 3. The first-order valence-corrected chi connectivity index (χ1v) is 17.8. The van der Waals surface area contributed by atoms with Gasteiger partial charge >= 0.3 is 5.97 Å². The number of halogens is 2. The number of allylic oxidation sites excluding steroid dienone is 4. The van der Waals surface area contributed by atoms with E-state index >= 15 is 0 Å². The Balaban J connectivity index is 1.61. The molecule has 0 aliphatic heterocycles. The highest BCUT2D eigenvalue weighted by Gasteiger charge is 2.30. The second-order valence-electron chi connectivity index (χ2n) is 13.4. The van der Waals surface area contributed by atoms with Crippen molar-refractivity contribution in [3.63, 3.8) is 0 Å². The predicted octanol–water partition coefficient (Wildman–Crippen LogP) is 12.1. The van der Waals surface area contributed by atoms with E-state index in [2.05, 4.69) is 45.3 Å². The molecule has 0 spiro atoms. The molecule has 1 atom stereocenters. The molecule has 1 aliphatic rings. The minimum atomic E-state index is -0.917. The van der Waals surface area contributed by atoms with Gasteiger partial charge in [0.15, 0.2) is 0 Å². The SMILES string of the molecule is CCCCCC1=C(c2c(Cl)ccc3c(CCCOc4cccc5cc(F)ccc45)c(C(=O)O)n(CCC(C)C)c23)C(CC)=CCC1C. The van der Waals surface area contributed by atoms with E-state index in [-0.39, 0.29) is 5.82 Å². The fraction of sp³-hybridized carbons (Fsp3) is 0.439. The standard InChI is InChI=1S/C41H49ClFNO3/c1-6-8-9-13-31-27(5)16-17-28(7-2)37(31)38-35(42)21-20-34-33(40(41(45)46)44(39(34)38)23-22-26(3)4)14-11-24-47-36-15-10-12-29-25-30(43)18-19-32(29)36/h10,12,15,17-21,25-27H,6-9,11,13-14,16,22-24H2,1-5H3,(H,45,46). The number of rotatable bonds is 15. The molecule has 250 valence electrons. The molecule has 1 aromatic heterocycles. The summed E-state index contributed by atoms with van der Waals surface area (Å²) in [5, 5.41) is 14.0. The molecule has 0 saturated carbocycles. The maximum absolute atomic E-state index is 13.8. The number of fused-ring (bicyclic) bond motifs is 2. The lowest BCUT2D eigenvalue weighted by molar-refractivity contribution is 0.0683. The van der Waals surface area contributed by atoms with Gasteiger partial charge in [-0.25, -0.2) is 9.18 Å². The van der Waals surface area contributed by atoms with Gasteiger partial charge in [-0.2, -0.15) is 0 Å². The molecule has 1 unspecified atom stereocenters. The molecular formula is C41H49ClFNO3. The first-order chi connectivity index (χ1) is 22.7. The molecule has 3 aromatic carbocycles. The number of hydrogen-bond acceptors (Lipinski definition) is 2. The topological polar surface area (TPSA) is 51.5 Å². The van der Waals surface area contributed by atoms with E-state index in [1.165, 1.54) is 35.3 Å². The lowest BCUT2D eigenvalue weighted by atomic mass is 9.77. The Hall–Kier alpha value is -3.57. The fourth-order valence-corrected chi connectivity index (χ4v) is 7.46. The van der Waals surface area contributed by atoms with Crippen LogP contribution in [0.5, 0.6) is 5.75 Å². The van der Waals surface area contributed by atoms with Crippen molar-refractivity contribution in [2.45, 2.75) is 99.0 Å². The number of ether oxygens (including phenoxy) is 1. The monoisotopic (exact) mass is 657 g/mol. The van der Waals surface area contributed by atoms with Gasteiger partial charge in [0.2, 0.25) is 0 Å². The molecule has 6 heteroatoms. The van der Waals surface area contributed by atoms with Gasteiger partial charge < -0.3 is 14.4 Å². The number of unbranched alkanes of at least 4 members (excludes halogenated alkanes) is 2. The van der Waals surface area contributed by atoms with Crippen LogP contribution in [-0.2, 0) is 13.0 Å². The van der Waals surface area contributed by atoms with Crippen molar-refractivity contribution in [3.05, 3.63) is 93.4 Å². The maximum Gasteiger partial charge on any atom is 0.352 e. The van der Waals surface area contributed by atoms with Crippen molar-refractivity contribution in [2.75, 3.05) is 6.61 Å². The van der Waals surface area contributed by atoms with Gasteiger partial charge in [-0.3, -0.25) is 0 Å². The van der Waals surface area contributed by atoms with E-state index < -0.39 is 5.97 Å². The fourth-order valence-electron chi connectivity index (χ4n) is 7.22. The zero-order chi connectivity index (χ0) is 33.7. The van der Waals surface area contributed by atoms with Crippen LogP contribution in [0.4, 0.5) is 4.39 Å². The highest BCUT2D eigenvalue weighted by atomic mass is 35.5. The van der Waals surface area contributed by atoms with E-state index in [0.29, 0.717) is 54.3 Å². The molecule has 4 nitrogen and oxygen atoms in total. The summed E-state index contributed by atoms with van der Waals surface area (Å²) in [5.74, 6) is 0.315. The normalized spacial score (nSPS) is 15.2. The van der Waals surface area contributed by atoms with Gasteiger partial charge in [0.05, 0.1) is 17.1 Å². The van der Waals surface area contributed by atoms with Gasteiger partial charge in [0, 0.05) is 22.9 Å². The van der Waals surface area contributed by atoms with Crippen molar-refractivity contribution in [3.8, 4) is 5.75 Å². The third-order valence-corrected chi connectivity index (χ3v) is 9.99. The molecule has 5 rings (SSSR count). The Bertz CT molecular complexity index is 1810. The van der Waals surface area contributed by atoms with Crippen molar-refractivity contribution in [1.29, 1.82) is 0 Å². The second kappa shape index (κ2) is 15.6. The minimum Gasteiger partial charge on any atom is -0.493 e. The number of carboxylic acids is 1. The first kappa shape index (κ1) is 34.8. The van der Waals surface area contributed by atoms with E-state index in [4.69, 9.17) is 16.3 Å². The van der Waals surface area contributed by atoms with E-state index in [1.807, 2.05) is 30.3 Å². The molecule has 1 aliphatic carbocycles. The molecule has 0 fully saturated rings. The van der Waals surface area contributed by atoms with Crippen LogP contribution in [0.15, 0.2) is 65.8 Å². The minimum absolute atomic E-state index is 0.280. The Kier molecular flexibility index (Phi) is 11.5. The molecule has 4 aromatic rings. The highest BCUT2D eigenvalue weighted by Crippen LogP contribution is 2.46.